The maximum atomic E-state index is 11.7. The van der Waals surface area contributed by atoms with Gasteiger partial charge in [-0.25, -0.2) is 5.43 Å². The summed E-state index contributed by atoms with van der Waals surface area (Å²) in [4.78, 5) is 22.4. The topological polar surface area (TPSA) is 78.4 Å². The van der Waals surface area contributed by atoms with E-state index < -0.39 is 10.8 Å². The number of carbonyl (C=O) groups is 2. The van der Waals surface area contributed by atoms with Gasteiger partial charge >= 0.3 is 5.97 Å². The summed E-state index contributed by atoms with van der Waals surface area (Å²) in [5.41, 5.74) is 5.77. The van der Waals surface area contributed by atoms with Crippen molar-refractivity contribution < 1.29 is 14.7 Å². The number of aliphatic carboxylic acids is 1. The fourth-order valence-electron chi connectivity index (χ4n) is 2.93. The Kier molecular flexibility index (Phi) is 4.73. The maximum absolute atomic E-state index is 11.7. The maximum Gasteiger partial charge on any atom is 0.306 e. The zero-order chi connectivity index (χ0) is 13.9. The van der Waals surface area contributed by atoms with Gasteiger partial charge in [0.25, 0.3) is 0 Å². The number of thioether (sulfide) groups is 1. The summed E-state index contributed by atoms with van der Waals surface area (Å²) in [5, 5.41) is 9.22. The van der Waals surface area contributed by atoms with Gasteiger partial charge in [-0.1, -0.05) is 26.2 Å². The monoisotopic (exact) mass is 286 g/mol. The number of carboxylic acid groups (broad SMARTS) is 1. The van der Waals surface area contributed by atoms with Crippen molar-refractivity contribution in [2.75, 3.05) is 5.75 Å². The molecular weight excluding hydrogens is 264 g/mol. The molecule has 108 valence electrons. The van der Waals surface area contributed by atoms with Crippen LogP contribution in [0.15, 0.2) is 0 Å². The molecule has 5 nitrogen and oxygen atoms in total. The third-order valence-corrected chi connectivity index (χ3v) is 5.88. The first-order valence-electron chi connectivity index (χ1n) is 6.96. The third-order valence-electron chi connectivity index (χ3n) is 4.11. The van der Waals surface area contributed by atoms with Crippen LogP contribution in [0.1, 0.15) is 45.4 Å². The lowest BCUT2D eigenvalue weighted by molar-refractivity contribution is -0.139. The minimum Gasteiger partial charge on any atom is -0.481 e. The zero-order valence-electron chi connectivity index (χ0n) is 11.3. The number of nitrogens with one attached hydrogen (secondary N) is 2. The van der Waals surface area contributed by atoms with E-state index in [1.807, 2.05) is 6.92 Å². The third kappa shape index (κ3) is 3.42. The highest BCUT2D eigenvalue weighted by Gasteiger charge is 2.44. The molecule has 2 rings (SSSR count). The Labute approximate surface area is 117 Å². The van der Waals surface area contributed by atoms with Crippen LogP contribution in [0, 0.1) is 11.8 Å². The van der Waals surface area contributed by atoms with Crippen LogP contribution in [0.2, 0.25) is 0 Å². The minimum absolute atomic E-state index is 0.0458. The summed E-state index contributed by atoms with van der Waals surface area (Å²) in [6.45, 7) is 1.88. The molecule has 2 unspecified atom stereocenters. The van der Waals surface area contributed by atoms with Gasteiger partial charge in [0.15, 0.2) is 0 Å². The molecule has 1 aliphatic heterocycles. The molecule has 1 saturated carbocycles. The summed E-state index contributed by atoms with van der Waals surface area (Å²) in [7, 11) is 0. The number of carbonyl (C=O) groups excluding carboxylic acids is 1. The summed E-state index contributed by atoms with van der Waals surface area (Å²) in [5.74, 6) is 0.0393. The molecule has 1 amide bonds. The Morgan fingerprint density at radius 3 is 2.74 bits per heavy atom. The average molecular weight is 286 g/mol. The lowest BCUT2D eigenvalue weighted by Crippen LogP contribution is -2.56. The zero-order valence-corrected chi connectivity index (χ0v) is 12.1. The van der Waals surface area contributed by atoms with Crippen LogP contribution in [-0.2, 0) is 9.59 Å². The molecule has 2 aliphatic rings. The molecule has 0 bridgehead atoms. The highest BCUT2D eigenvalue weighted by molar-refractivity contribution is 8.00. The van der Waals surface area contributed by atoms with Crippen molar-refractivity contribution in [1.29, 1.82) is 0 Å². The van der Waals surface area contributed by atoms with Gasteiger partial charge in [0.1, 0.15) is 0 Å². The molecular formula is C13H22N2O3S. The first-order chi connectivity index (χ1) is 9.03. The van der Waals surface area contributed by atoms with E-state index in [0.717, 1.165) is 25.7 Å². The van der Waals surface area contributed by atoms with Crippen LogP contribution in [0.3, 0.4) is 0 Å². The molecule has 19 heavy (non-hydrogen) atoms. The summed E-state index contributed by atoms with van der Waals surface area (Å²) in [6, 6.07) is 0. The van der Waals surface area contributed by atoms with Gasteiger partial charge in [-0.05, 0) is 18.8 Å². The van der Waals surface area contributed by atoms with E-state index in [1.165, 1.54) is 6.42 Å². The molecule has 0 aromatic rings. The highest BCUT2D eigenvalue weighted by Crippen LogP contribution is 2.43. The van der Waals surface area contributed by atoms with Crippen molar-refractivity contribution in [3.05, 3.63) is 0 Å². The van der Waals surface area contributed by atoms with Gasteiger partial charge in [-0.2, -0.15) is 0 Å². The lowest BCUT2D eigenvalue weighted by Gasteiger charge is -2.40. The molecule has 1 aliphatic carbocycles. The van der Waals surface area contributed by atoms with Crippen LogP contribution in [0.4, 0.5) is 0 Å². The second kappa shape index (κ2) is 6.13. The molecule has 2 fully saturated rings. The Hall–Kier alpha value is -0.750. The molecule has 1 heterocycles. The van der Waals surface area contributed by atoms with Crippen LogP contribution >= 0.6 is 11.8 Å². The van der Waals surface area contributed by atoms with E-state index in [2.05, 4.69) is 10.9 Å². The Morgan fingerprint density at radius 1 is 1.42 bits per heavy atom. The van der Waals surface area contributed by atoms with E-state index >= 15 is 0 Å². The number of carboxylic acids is 1. The Morgan fingerprint density at radius 2 is 2.11 bits per heavy atom. The molecule has 2 atom stereocenters. The second-order valence-electron chi connectivity index (χ2n) is 5.62. The molecule has 0 aromatic heterocycles. The van der Waals surface area contributed by atoms with Crippen molar-refractivity contribution >= 4 is 23.6 Å². The standard InChI is InChI=1S/C13H22N2O3S/c1-9-8-19-13(7-11(16)17,15-14-12(9)18)10-5-3-2-4-6-10/h9-10,15H,2-8H2,1H3,(H,14,18)(H,16,17). The van der Waals surface area contributed by atoms with E-state index in [9.17, 15) is 14.7 Å². The first kappa shape index (κ1) is 14.7. The molecule has 6 heteroatoms. The molecule has 0 spiro atoms. The fraction of sp³-hybridized carbons (Fsp3) is 0.846. The quantitative estimate of drug-likeness (QED) is 0.736. The van der Waals surface area contributed by atoms with Gasteiger partial charge < -0.3 is 5.11 Å². The minimum atomic E-state index is -0.811. The lowest BCUT2D eigenvalue weighted by atomic mass is 9.82. The van der Waals surface area contributed by atoms with Gasteiger partial charge in [-0.15, -0.1) is 11.8 Å². The molecule has 0 radical (unpaired) electrons. The van der Waals surface area contributed by atoms with Crippen molar-refractivity contribution in [1.82, 2.24) is 10.9 Å². The molecule has 3 N–H and O–H groups in total. The van der Waals surface area contributed by atoms with Crippen LogP contribution in [0.25, 0.3) is 0 Å². The average Bonchev–Trinajstić information content (AvgIpc) is 2.54. The predicted molar refractivity (Wildman–Crippen MR) is 74.5 cm³/mol. The van der Waals surface area contributed by atoms with Crippen molar-refractivity contribution in [3.63, 3.8) is 0 Å². The van der Waals surface area contributed by atoms with E-state index in [1.54, 1.807) is 11.8 Å². The normalized spacial score (nSPS) is 33.5. The Bertz CT molecular complexity index is 358. The number of hydrogen-bond donors (Lipinski definition) is 3. The SMILES string of the molecule is CC1CSC(CC(=O)O)(C2CCCCC2)NNC1=O. The van der Waals surface area contributed by atoms with Crippen LogP contribution in [0.5, 0.6) is 0 Å². The number of hydrogen-bond acceptors (Lipinski definition) is 4. The van der Waals surface area contributed by atoms with Crippen molar-refractivity contribution in [2.45, 2.75) is 50.3 Å². The van der Waals surface area contributed by atoms with Gasteiger partial charge in [0.05, 0.1) is 11.3 Å². The number of amides is 1. The molecule has 1 saturated heterocycles. The first-order valence-corrected chi connectivity index (χ1v) is 7.95. The highest BCUT2D eigenvalue weighted by atomic mass is 32.2. The van der Waals surface area contributed by atoms with E-state index in [-0.39, 0.29) is 18.2 Å². The molecule has 0 aromatic carbocycles. The Balaban J connectivity index is 2.18. The van der Waals surface area contributed by atoms with Gasteiger partial charge in [0.2, 0.25) is 5.91 Å². The largest absolute Gasteiger partial charge is 0.481 e. The number of rotatable bonds is 3. The van der Waals surface area contributed by atoms with Crippen molar-refractivity contribution in [2.24, 2.45) is 11.8 Å². The summed E-state index contributed by atoms with van der Waals surface area (Å²) < 4.78 is 0. The fourth-order valence-corrected chi connectivity index (χ4v) is 4.45. The van der Waals surface area contributed by atoms with Crippen molar-refractivity contribution in [3.8, 4) is 0 Å². The van der Waals surface area contributed by atoms with Gasteiger partial charge in [0, 0.05) is 11.7 Å². The second-order valence-corrected chi connectivity index (χ2v) is 6.97. The van der Waals surface area contributed by atoms with Crippen LogP contribution < -0.4 is 10.9 Å². The predicted octanol–water partition coefficient (Wildman–Crippen LogP) is 1.74. The van der Waals surface area contributed by atoms with E-state index in [4.69, 9.17) is 0 Å². The summed E-state index contributed by atoms with van der Waals surface area (Å²) in [6.07, 6.45) is 5.66. The van der Waals surface area contributed by atoms with Crippen LogP contribution in [-0.4, -0.2) is 27.6 Å². The summed E-state index contributed by atoms with van der Waals surface area (Å²) >= 11 is 1.60. The number of hydrazine groups is 1. The van der Waals surface area contributed by atoms with E-state index in [0.29, 0.717) is 11.7 Å². The van der Waals surface area contributed by atoms with Gasteiger partial charge in [-0.3, -0.25) is 15.0 Å². The smallest absolute Gasteiger partial charge is 0.306 e.